The third-order valence-electron chi connectivity index (χ3n) is 9.31. The minimum absolute atomic E-state index is 0.0778. The largest absolute Gasteiger partial charge is 0.359 e. The average Bonchev–Trinajstić information content (AvgIpc) is 3.32. The summed E-state index contributed by atoms with van der Waals surface area (Å²) in [5.41, 5.74) is 0.973. The maximum absolute atomic E-state index is 13.2. The SMILES string of the molecule is CN1C(=O)C=C[C@]2(C)[C@H]3CC[C@]4(C)[C@@H](C(=O)c5ccc[nH]5)CC[C@H]4[C@@H]3CC[C@@H]12. The summed E-state index contributed by atoms with van der Waals surface area (Å²) < 4.78 is 0. The minimum atomic E-state index is 0.0778. The molecule has 2 heterocycles. The standard InChI is InChI=1S/C24H32N2O2/c1-23-12-10-17-15(6-9-20-24(17,2)13-11-21(27)26(20)3)16(23)7-8-18(23)22(28)19-5-4-14-25-19/h4-5,11,13-18,20,25H,6-10,12H2,1-3H3/t15-,16-,17-,18+,20+,23-,24+/m0/s1. The highest BCUT2D eigenvalue weighted by Gasteiger charge is 2.61. The molecule has 28 heavy (non-hydrogen) atoms. The van der Waals surface area contributed by atoms with E-state index in [-0.39, 0.29) is 22.7 Å². The summed E-state index contributed by atoms with van der Waals surface area (Å²) in [7, 11) is 1.97. The number of amides is 1. The highest BCUT2D eigenvalue weighted by molar-refractivity contribution is 5.97. The Morgan fingerprint density at radius 2 is 1.96 bits per heavy atom. The number of hydrogen-bond acceptors (Lipinski definition) is 2. The van der Waals surface area contributed by atoms with Crippen LogP contribution < -0.4 is 0 Å². The number of hydrogen-bond donors (Lipinski definition) is 1. The van der Waals surface area contributed by atoms with Crippen LogP contribution in [0.15, 0.2) is 30.5 Å². The van der Waals surface area contributed by atoms with Crippen molar-refractivity contribution in [1.29, 1.82) is 0 Å². The predicted molar refractivity (Wildman–Crippen MR) is 109 cm³/mol. The summed E-state index contributed by atoms with van der Waals surface area (Å²) in [5.74, 6) is 2.54. The molecule has 5 rings (SSSR count). The molecule has 3 aliphatic carbocycles. The molecule has 4 nitrogen and oxygen atoms in total. The summed E-state index contributed by atoms with van der Waals surface area (Å²) in [4.78, 5) is 30.5. The fourth-order valence-electron chi connectivity index (χ4n) is 7.84. The first-order valence-corrected chi connectivity index (χ1v) is 11.0. The lowest BCUT2D eigenvalue weighted by atomic mass is 9.47. The highest BCUT2D eigenvalue weighted by Crippen LogP contribution is 2.65. The Balaban J connectivity index is 1.45. The molecule has 4 heteroatoms. The summed E-state index contributed by atoms with van der Waals surface area (Å²) in [5, 5.41) is 0. The average molecular weight is 381 g/mol. The van der Waals surface area contributed by atoms with Crippen LogP contribution in [-0.4, -0.2) is 34.7 Å². The lowest BCUT2D eigenvalue weighted by Gasteiger charge is -2.60. The maximum atomic E-state index is 13.2. The molecule has 4 aliphatic rings. The van der Waals surface area contributed by atoms with E-state index in [0.29, 0.717) is 29.6 Å². The Morgan fingerprint density at radius 3 is 2.71 bits per heavy atom. The van der Waals surface area contributed by atoms with Gasteiger partial charge in [0.2, 0.25) is 5.91 Å². The number of aromatic amines is 1. The second kappa shape index (κ2) is 6.08. The van der Waals surface area contributed by atoms with Crippen molar-refractivity contribution in [2.75, 3.05) is 7.05 Å². The Morgan fingerprint density at radius 1 is 1.14 bits per heavy atom. The number of aromatic nitrogens is 1. The normalized spacial score (nSPS) is 44.8. The van der Waals surface area contributed by atoms with Gasteiger partial charge in [-0.1, -0.05) is 19.9 Å². The zero-order valence-corrected chi connectivity index (χ0v) is 17.3. The molecule has 150 valence electrons. The van der Waals surface area contributed by atoms with Crippen LogP contribution in [0, 0.1) is 34.5 Å². The van der Waals surface area contributed by atoms with Crippen LogP contribution in [0.2, 0.25) is 0 Å². The molecule has 0 saturated heterocycles. The summed E-state index contributed by atoms with van der Waals surface area (Å²) in [6.45, 7) is 4.78. The molecule has 0 bridgehead atoms. The van der Waals surface area contributed by atoms with Gasteiger partial charge in [-0.05, 0) is 79.9 Å². The second-order valence-electron chi connectivity index (χ2n) is 10.2. The molecule has 0 aromatic carbocycles. The molecule has 1 aromatic heterocycles. The van der Waals surface area contributed by atoms with Crippen molar-refractivity contribution in [2.24, 2.45) is 34.5 Å². The molecule has 0 radical (unpaired) electrons. The minimum Gasteiger partial charge on any atom is -0.359 e. The molecule has 0 unspecified atom stereocenters. The molecule has 1 aliphatic heterocycles. The van der Waals surface area contributed by atoms with Crippen LogP contribution in [0.1, 0.15) is 62.9 Å². The van der Waals surface area contributed by atoms with Gasteiger partial charge in [0.05, 0.1) is 5.69 Å². The van der Waals surface area contributed by atoms with E-state index in [1.807, 2.05) is 30.3 Å². The van der Waals surface area contributed by atoms with Gasteiger partial charge in [-0.3, -0.25) is 9.59 Å². The quantitative estimate of drug-likeness (QED) is 0.771. The first-order valence-electron chi connectivity index (χ1n) is 11.0. The number of carbonyl (C=O) groups excluding carboxylic acids is 2. The van der Waals surface area contributed by atoms with Crippen LogP contribution >= 0.6 is 0 Å². The zero-order chi connectivity index (χ0) is 19.7. The molecular formula is C24H32N2O2. The third kappa shape index (κ3) is 2.29. The number of likely N-dealkylation sites (N-methyl/N-ethyl adjacent to an activating group) is 1. The van der Waals surface area contributed by atoms with Gasteiger partial charge in [0, 0.05) is 30.6 Å². The summed E-state index contributed by atoms with van der Waals surface area (Å²) in [6, 6.07) is 4.18. The number of nitrogens with one attached hydrogen (secondary N) is 1. The number of fused-ring (bicyclic) bond motifs is 5. The number of rotatable bonds is 2. The molecule has 3 fully saturated rings. The van der Waals surface area contributed by atoms with E-state index in [4.69, 9.17) is 0 Å². The molecule has 1 aromatic rings. The van der Waals surface area contributed by atoms with E-state index >= 15 is 0 Å². The Labute approximate surface area is 167 Å². The number of nitrogens with zero attached hydrogens (tertiary/aromatic N) is 1. The van der Waals surface area contributed by atoms with Gasteiger partial charge in [0.25, 0.3) is 0 Å². The molecule has 3 saturated carbocycles. The van der Waals surface area contributed by atoms with Crippen molar-refractivity contribution in [1.82, 2.24) is 9.88 Å². The van der Waals surface area contributed by atoms with Crippen molar-refractivity contribution in [3.8, 4) is 0 Å². The van der Waals surface area contributed by atoms with Crippen LogP contribution in [0.5, 0.6) is 0 Å². The predicted octanol–water partition coefficient (Wildman–Crippen LogP) is 4.45. The zero-order valence-electron chi connectivity index (χ0n) is 17.3. The number of H-pyrrole nitrogens is 1. The van der Waals surface area contributed by atoms with Crippen molar-refractivity contribution in [2.45, 2.75) is 58.4 Å². The fraction of sp³-hybridized carbons (Fsp3) is 0.667. The fourth-order valence-corrected chi connectivity index (χ4v) is 7.84. The monoisotopic (exact) mass is 380 g/mol. The van der Waals surface area contributed by atoms with Gasteiger partial charge in [-0.15, -0.1) is 0 Å². The second-order valence-corrected chi connectivity index (χ2v) is 10.2. The third-order valence-corrected chi connectivity index (χ3v) is 9.31. The van der Waals surface area contributed by atoms with Gasteiger partial charge in [-0.25, -0.2) is 0 Å². The Kier molecular flexibility index (Phi) is 3.95. The van der Waals surface area contributed by atoms with Crippen molar-refractivity contribution >= 4 is 11.7 Å². The van der Waals surface area contributed by atoms with E-state index < -0.39 is 0 Å². The summed E-state index contributed by atoms with van der Waals surface area (Å²) >= 11 is 0. The molecular weight excluding hydrogens is 348 g/mol. The molecule has 0 spiro atoms. The van der Waals surface area contributed by atoms with E-state index in [0.717, 1.165) is 25.0 Å². The van der Waals surface area contributed by atoms with E-state index in [9.17, 15) is 9.59 Å². The number of carbonyl (C=O) groups is 2. The highest BCUT2D eigenvalue weighted by atomic mass is 16.2. The van der Waals surface area contributed by atoms with Gasteiger partial charge in [-0.2, -0.15) is 0 Å². The van der Waals surface area contributed by atoms with E-state index in [2.05, 4.69) is 24.9 Å². The molecule has 1 N–H and O–H groups in total. The maximum Gasteiger partial charge on any atom is 0.246 e. The van der Waals surface area contributed by atoms with Gasteiger partial charge in [0.15, 0.2) is 5.78 Å². The van der Waals surface area contributed by atoms with E-state index in [1.165, 1.54) is 19.3 Å². The van der Waals surface area contributed by atoms with Crippen molar-refractivity contribution in [3.63, 3.8) is 0 Å². The van der Waals surface area contributed by atoms with Gasteiger partial charge >= 0.3 is 0 Å². The van der Waals surface area contributed by atoms with Crippen LogP contribution in [0.4, 0.5) is 0 Å². The van der Waals surface area contributed by atoms with Crippen LogP contribution in [0.25, 0.3) is 0 Å². The first-order chi connectivity index (χ1) is 13.4. The van der Waals surface area contributed by atoms with Crippen LogP contribution in [0.3, 0.4) is 0 Å². The smallest absolute Gasteiger partial charge is 0.246 e. The van der Waals surface area contributed by atoms with Crippen LogP contribution in [-0.2, 0) is 4.79 Å². The molecule has 1 amide bonds. The van der Waals surface area contributed by atoms with Crippen molar-refractivity contribution in [3.05, 3.63) is 36.2 Å². The Hall–Kier alpha value is -1.84. The summed E-state index contributed by atoms with van der Waals surface area (Å²) in [6.07, 6.45) is 12.7. The van der Waals surface area contributed by atoms with Crippen molar-refractivity contribution < 1.29 is 9.59 Å². The first kappa shape index (κ1) is 18.2. The lowest BCUT2D eigenvalue weighted by Crippen LogP contribution is -2.59. The Bertz CT molecular complexity index is 828. The van der Waals surface area contributed by atoms with E-state index in [1.54, 1.807) is 6.08 Å². The van der Waals surface area contributed by atoms with Gasteiger partial charge < -0.3 is 9.88 Å². The lowest BCUT2D eigenvalue weighted by molar-refractivity contribution is -0.138. The number of Topliss-reactive ketones (excluding diaryl/α,β-unsaturated/α-hetero) is 1. The topological polar surface area (TPSA) is 53.2 Å². The van der Waals surface area contributed by atoms with Gasteiger partial charge in [0.1, 0.15) is 0 Å². The molecule has 7 atom stereocenters. The number of ketones is 1.